The zero-order chi connectivity index (χ0) is 15.7. The van der Waals surface area contributed by atoms with Crippen molar-refractivity contribution in [2.24, 2.45) is 0 Å². The quantitative estimate of drug-likeness (QED) is 0.672. The average molecular weight is 300 g/mol. The van der Waals surface area contributed by atoms with Crippen LogP contribution in [0.3, 0.4) is 0 Å². The summed E-state index contributed by atoms with van der Waals surface area (Å²) in [6, 6.07) is 3.66. The van der Waals surface area contributed by atoms with Crippen molar-refractivity contribution >= 4 is 0 Å². The third-order valence-electron chi connectivity index (χ3n) is 3.36. The summed E-state index contributed by atoms with van der Waals surface area (Å²) in [5, 5.41) is 3.28. The Morgan fingerprint density at radius 3 is 2.38 bits per heavy atom. The molecule has 1 aromatic rings. The summed E-state index contributed by atoms with van der Waals surface area (Å²) in [7, 11) is 2.02. The van der Waals surface area contributed by atoms with E-state index in [2.05, 4.69) is 10.2 Å². The predicted octanol–water partition coefficient (Wildman–Crippen LogP) is 2.97. The molecule has 1 N–H and O–H groups in total. The van der Waals surface area contributed by atoms with Crippen molar-refractivity contribution < 1.29 is 13.5 Å². The molecule has 0 aliphatic heterocycles. The number of nitrogens with one attached hydrogen (secondary N) is 1. The zero-order valence-corrected chi connectivity index (χ0v) is 13.2. The Morgan fingerprint density at radius 1 is 1.14 bits per heavy atom. The van der Waals surface area contributed by atoms with Gasteiger partial charge in [0.2, 0.25) is 0 Å². The Morgan fingerprint density at radius 2 is 1.81 bits per heavy atom. The Labute approximate surface area is 126 Å². The molecule has 0 aliphatic carbocycles. The van der Waals surface area contributed by atoms with Crippen LogP contribution in [0, 0.1) is 11.6 Å². The molecule has 0 spiro atoms. The maximum atomic E-state index is 13.3. The summed E-state index contributed by atoms with van der Waals surface area (Å²) < 4.78 is 32.0. The first-order valence-corrected chi connectivity index (χ1v) is 7.52. The number of hydrogen-bond donors (Lipinski definition) is 1. The molecule has 0 radical (unpaired) electrons. The highest BCUT2D eigenvalue weighted by Gasteiger charge is 2.13. The number of ether oxygens (including phenoxy) is 1. The first kappa shape index (κ1) is 18.0. The van der Waals surface area contributed by atoms with E-state index < -0.39 is 11.6 Å². The van der Waals surface area contributed by atoms with Crippen LogP contribution in [0.25, 0.3) is 0 Å². The molecule has 1 unspecified atom stereocenters. The van der Waals surface area contributed by atoms with Gasteiger partial charge >= 0.3 is 0 Å². The molecule has 1 rings (SSSR count). The van der Waals surface area contributed by atoms with E-state index in [1.807, 2.05) is 20.9 Å². The zero-order valence-electron chi connectivity index (χ0n) is 13.2. The molecule has 120 valence electrons. The van der Waals surface area contributed by atoms with E-state index in [-0.39, 0.29) is 6.04 Å². The minimum Gasteiger partial charge on any atom is -0.380 e. The summed E-state index contributed by atoms with van der Waals surface area (Å²) in [6.45, 7) is 7.82. The number of hydrogen-bond acceptors (Lipinski definition) is 3. The first-order valence-electron chi connectivity index (χ1n) is 7.52. The van der Waals surface area contributed by atoms with Gasteiger partial charge in [-0.3, -0.25) is 0 Å². The van der Waals surface area contributed by atoms with Crippen LogP contribution in [0.5, 0.6) is 0 Å². The molecule has 0 saturated carbocycles. The standard InChI is InChI=1S/C16H26F2N2O/c1-4-19-16(6-7-20(3)8-9-21-5-2)13-10-14(17)12-15(18)11-13/h10-12,16,19H,4-9H2,1-3H3. The van der Waals surface area contributed by atoms with Crippen molar-refractivity contribution in [3.63, 3.8) is 0 Å². The lowest BCUT2D eigenvalue weighted by molar-refractivity contribution is 0.121. The van der Waals surface area contributed by atoms with Gasteiger partial charge in [0.1, 0.15) is 11.6 Å². The molecule has 3 nitrogen and oxygen atoms in total. The minimum absolute atomic E-state index is 0.0465. The lowest BCUT2D eigenvalue weighted by atomic mass is 10.0. The van der Waals surface area contributed by atoms with Crippen molar-refractivity contribution in [3.8, 4) is 0 Å². The molecule has 1 aromatic carbocycles. The molecule has 0 fully saturated rings. The molecule has 21 heavy (non-hydrogen) atoms. The largest absolute Gasteiger partial charge is 0.380 e. The van der Waals surface area contributed by atoms with Crippen LogP contribution in [0.15, 0.2) is 18.2 Å². The Bertz CT molecular complexity index is 395. The minimum atomic E-state index is -0.530. The topological polar surface area (TPSA) is 24.5 Å². The van der Waals surface area contributed by atoms with Gasteiger partial charge in [-0.25, -0.2) is 8.78 Å². The lowest BCUT2D eigenvalue weighted by Gasteiger charge is -2.23. The van der Waals surface area contributed by atoms with Gasteiger partial charge in [0, 0.05) is 25.3 Å². The molecule has 0 bridgehead atoms. The highest BCUT2D eigenvalue weighted by molar-refractivity contribution is 5.21. The monoisotopic (exact) mass is 300 g/mol. The lowest BCUT2D eigenvalue weighted by Crippen LogP contribution is -2.29. The van der Waals surface area contributed by atoms with Crippen LogP contribution in [0.4, 0.5) is 8.78 Å². The van der Waals surface area contributed by atoms with Gasteiger partial charge in [0.05, 0.1) is 6.61 Å². The van der Waals surface area contributed by atoms with Crippen LogP contribution in [0.2, 0.25) is 0 Å². The van der Waals surface area contributed by atoms with Crippen LogP contribution < -0.4 is 5.32 Å². The molecule has 0 amide bonds. The Hall–Kier alpha value is -1.04. The Kier molecular flexibility index (Phi) is 8.42. The van der Waals surface area contributed by atoms with E-state index >= 15 is 0 Å². The van der Waals surface area contributed by atoms with Crippen LogP contribution in [-0.2, 0) is 4.74 Å². The van der Waals surface area contributed by atoms with E-state index in [4.69, 9.17) is 4.74 Å². The van der Waals surface area contributed by atoms with E-state index in [0.717, 1.165) is 38.7 Å². The van der Waals surface area contributed by atoms with Crippen molar-refractivity contribution in [1.29, 1.82) is 0 Å². The summed E-state index contributed by atoms with van der Waals surface area (Å²) in [4.78, 5) is 2.16. The molecule has 5 heteroatoms. The van der Waals surface area contributed by atoms with Crippen molar-refractivity contribution in [1.82, 2.24) is 10.2 Å². The third-order valence-corrected chi connectivity index (χ3v) is 3.36. The van der Waals surface area contributed by atoms with Gasteiger partial charge in [0.25, 0.3) is 0 Å². The number of likely N-dealkylation sites (N-methyl/N-ethyl adjacent to an activating group) is 1. The molecule has 0 saturated heterocycles. The second-order valence-electron chi connectivity index (χ2n) is 5.10. The summed E-state index contributed by atoms with van der Waals surface area (Å²) in [5.74, 6) is -1.06. The summed E-state index contributed by atoms with van der Waals surface area (Å²) in [6.07, 6.45) is 0.791. The number of rotatable bonds is 10. The highest BCUT2D eigenvalue weighted by atomic mass is 19.1. The van der Waals surface area contributed by atoms with E-state index in [9.17, 15) is 8.78 Å². The van der Waals surface area contributed by atoms with Crippen molar-refractivity contribution in [3.05, 3.63) is 35.4 Å². The highest BCUT2D eigenvalue weighted by Crippen LogP contribution is 2.19. The second-order valence-corrected chi connectivity index (χ2v) is 5.10. The molecule has 0 aromatic heterocycles. The van der Waals surface area contributed by atoms with Gasteiger partial charge < -0.3 is 15.0 Å². The van der Waals surface area contributed by atoms with Gasteiger partial charge in [-0.1, -0.05) is 6.92 Å². The number of nitrogens with zero attached hydrogens (tertiary/aromatic N) is 1. The third kappa shape index (κ3) is 6.98. The normalized spacial score (nSPS) is 12.9. The van der Waals surface area contributed by atoms with Gasteiger partial charge in [0.15, 0.2) is 0 Å². The number of halogens is 2. The fourth-order valence-corrected chi connectivity index (χ4v) is 2.24. The first-order chi connectivity index (χ1) is 10.1. The van der Waals surface area contributed by atoms with Gasteiger partial charge in [-0.15, -0.1) is 0 Å². The molecular weight excluding hydrogens is 274 g/mol. The van der Waals surface area contributed by atoms with Gasteiger partial charge in [-0.2, -0.15) is 0 Å². The predicted molar refractivity (Wildman–Crippen MR) is 81.4 cm³/mol. The average Bonchev–Trinajstić information content (AvgIpc) is 2.42. The number of benzene rings is 1. The van der Waals surface area contributed by atoms with Crippen molar-refractivity contribution in [2.75, 3.05) is 39.9 Å². The van der Waals surface area contributed by atoms with Crippen molar-refractivity contribution in [2.45, 2.75) is 26.3 Å². The van der Waals surface area contributed by atoms with Crippen LogP contribution >= 0.6 is 0 Å². The second kappa shape index (κ2) is 9.82. The van der Waals surface area contributed by atoms with Crippen LogP contribution in [0.1, 0.15) is 31.9 Å². The summed E-state index contributed by atoms with van der Waals surface area (Å²) in [5.41, 5.74) is 0.660. The molecule has 1 atom stereocenters. The molecular formula is C16H26F2N2O. The molecule has 0 heterocycles. The Balaban J connectivity index is 2.56. The van der Waals surface area contributed by atoms with E-state index in [1.54, 1.807) is 0 Å². The maximum Gasteiger partial charge on any atom is 0.126 e. The SMILES string of the molecule is CCNC(CCN(C)CCOCC)c1cc(F)cc(F)c1. The summed E-state index contributed by atoms with van der Waals surface area (Å²) >= 11 is 0. The molecule has 0 aliphatic rings. The fourth-order valence-electron chi connectivity index (χ4n) is 2.24. The van der Waals surface area contributed by atoms with Crippen LogP contribution in [-0.4, -0.2) is 44.8 Å². The smallest absolute Gasteiger partial charge is 0.126 e. The van der Waals surface area contributed by atoms with E-state index in [0.29, 0.717) is 12.2 Å². The van der Waals surface area contributed by atoms with E-state index in [1.165, 1.54) is 12.1 Å². The fraction of sp³-hybridized carbons (Fsp3) is 0.625. The maximum absolute atomic E-state index is 13.3. The van der Waals surface area contributed by atoms with Gasteiger partial charge in [-0.05, 0) is 51.2 Å².